The maximum atomic E-state index is 12.8. The topological polar surface area (TPSA) is 89.4 Å². The molecule has 3 heterocycles. The number of ether oxygens (including phenoxy) is 1. The zero-order chi connectivity index (χ0) is 21.6. The van der Waals surface area contributed by atoms with E-state index in [9.17, 15) is 9.59 Å². The molecule has 8 nitrogen and oxygen atoms in total. The van der Waals surface area contributed by atoms with Gasteiger partial charge in [0.2, 0.25) is 0 Å². The number of carbonyl (C=O) groups excluding carboxylic acids is 2. The Bertz CT molecular complexity index is 890. The number of hydrogen-bond donors (Lipinski definition) is 1. The van der Waals surface area contributed by atoms with Crippen LogP contribution in [0.25, 0.3) is 11.3 Å². The van der Waals surface area contributed by atoms with Gasteiger partial charge in [0, 0.05) is 37.6 Å². The highest BCUT2D eigenvalue weighted by atomic mass is 16.5. The smallest absolute Gasteiger partial charge is 0.317 e. The summed E-state index contributed by atoms with van der Waals surface area (Å²) in [4.78, 5) is 30.7. The number of nitrogens with zero attached hydrogens (tertiary/aromatic N) is 4. The number of fused-ring (bicyclic) bond motifs is 1. The minimum Gasteiger partial charge on any atom is -0.466 e. The van der Waals surface area contributed by atoms with Crippen LogP contribution >= 0.6 is 0 Å². The van der Waals surface area contributed by atoms with Crippen LogP contribution in [0.1, 0.15) is 44.7 Å². The highest BCUT2D eigenvalue weighted by Gasteiger charge is 2.28. The molecule has 1 fully saturated rings. The lowest BCUT2D eigenvalue weighted by atomic mass is 9.82. The van der Waals surface area contributed by atoms with Crippen molar-refractivity contribution in [3.63, 3.8) is 0 Å². The van der Waals surface area contributed by atoms with E-state index in [1.807, 2.05) is 28.6 Å². The largest absolute Gasteiger partial charge is 0.466 e. The molecule has 0 saturated heterocycles. The summed E-state index contributed by atoms with van der Waals surface area (Å²) < 4.78 is 7.15. The zero-order valence-corrected chi connectivity index (χ0v) is 18.1. The first-order valence-corrected chi connectivity index (χ1v) is 11.3. The molecule has 1 aliphatic carbocycles. The molecule has 1 N–H and O–H groups in total. The fourth-order valence-electron chi connectivity index (χ4n) is 4.51. The van der Waals surface area contributed by atoms with Crippen LogP contribution in [0, 0.1) is 11.8 Å². The number of nitrogens with one attached hydrogen (secondary N) is 1. The standard InChI is InChI=1S/C23H31N5O3/c1-2-31-22(29)19-6-4-17(5-7-19)15-25-23(30)27-12-3-13-28-20(16-27)14-21(26-28)18-8-10-24-11-9-18/h8-11,14,17,19H,2-7,12-13,15-16H2,1H3,(H,25,30). The molecule has 0 unspecified atom stereocenters. The number of rotatable bonds is 5. The zero-order valence-electron chi connectivity index (χ0n) is 18.1. The van der Waals surface area contributed by atoms with Crippen molar-refractivity contribution in [1.29, 1.82) is 0 Å². The number of carbonyl (C=O) groups is 2. The van der Waals surface area contributed by atoms with Crippen LogP contribution in [0.5, 0.6) is 0 Å². The molecule has 1 saturated carbocycles. The molecular weight excluding hydrogens is 394 g/mol. The summed E-state index contributed by atoms with van der Waals surface area (Å²) in [5, 5.41) is 7.84. The third kappa shape index (κ3) is 5.24. The van der Waals surface area contributed by atoms with E-state index >= 15 is 0 Å². The van der Waals surface area contributed by atoms with Crippen molar-refractivity contribution in [2.45, 2.75) is 52.1 Å². The van der Waals surface area contributed by atoms with Gasteiger partial charge >= 0.3 is 12.0 Å². The van der Waals surface area contributed by atoms with Gasteiger partial charge in [0.1, 0.15) is 0 Å². The van der Waals surface area contributed by atoms with Crippen molar-refractivity contribution in [1.82, 2.24) is 25.0 Å². The van der Waals surface area contributed by atoms with Crippen molar-refractivity contribution in [3.8, 4) is 11.3 Å². The predicted octanol–water partition coefficient (Wildman–Crippen LogP) is 3.23. The predicted molar refractivity (Wildman–Crippen MR) is 116 cm³/mol. The Morgan fingerprint density at radius 1 is 1.16 bits per heavy atom. The first kappa shape index (κ1) is 21.3. The lowest BCUT2D eigenvalue weighted by Crippen LogP contribution is -2.42. The van der Waals surface area contributed by atoms with E-state index in [0.29, 0.717) is 25.6 Å². The van der Waals surface area contributed by atoms with Crippen LogP contribution in [-0.2, 0) is 22.6 Å². The molecule has 0 atom stereocenters. The Morgan fingerprint density at radius 3 is 2.68 bits per heavy atom. The molecule has 2 aromatic heterocycles. The van der Waals surface area contributed by atoms with Gasteiger partial charge in [-0.05, 0) is 63.1 Å². The van der Waals surface area contributed by atoms with Gasteiger partial charge in [-0.3, -0.25) is 14.5 Å². The quantitative estimate of drug-likeness (QED) is 0.743. The summed E-state index contributed by atoms with van der Waals surface area (Å²) in [6.45, 7) is 5.02. The number of aromatic nitrogens is 3. The minimum absolute atomic E-state index is 0.0207. The van der Waals surface area contributed by atoms with Crippen molar-refractivity contribution in [2.24, 2.45) is 11.8 Å². The second-order valence-corrected chi connectivity index (χ2v) is 8.41. The Hall–Kier alpha value is -2.90. The third-order valence-electron chi connectivity index (χ3n) is 6.29. The molecule has 2 aliphatic rings. The summed E-state index contributed by atoms with van der Waals surface area (Å²) in [5.41, 5.74) is 3.00. The lowest BCUT2D eigenvalue weighted by molar-refractivity contribution is -0.149. The van der Waals surface area contributed by atoms with Crippen molar-refractivity contribution in [2.75, 3.05) is 19.7 Å². The summed E-state index contributed by atoms with van der Waals surface area (Å²) in [5.74, 6) is 0.370. The molecule has 4 rings (SSSR count). The molecule has 0 radical (unpaired) electrons. The molecular formula is C23H31N5O3. The van der Waals surface area contributed by atoms with E-state index in [0.717, 1.165) is 62.1 Å². The Kier molecular flexibility index (Phi) is 6.84. The maximum Gasteiger partial charge on any atom is 0.317 e. The first-order chi connectivity index (χ1) is 15.1. The van der Waals surface area contributed by atoms with Crippen LogP contribution in [-0.4, -0.2) is 51.4 Å². The van der Waals surface area contributed by atoms with E-state index in [-0.39, 0.29) is 17.9 Å². The Morgan fingerprint density at radius 2 is 1.94 bits per heavy atom. The Balaban J connectivity index is 1.29. The number of amides is 2. The third-order valence-corrected chi connectivity index (χ3v) is 6.29. The van der Waals surface area contributed by atoms with Crippen LogP contribution in [0.15, 0.2) is 30.6 Å². The number of pyridine rings is 1. The fourth-order valence-corrected chi connectivity index (χ4v) is 4.51. The van der Waals surface area contributed by atoms with Crippen LogP contribution in [0.3, 0.4) is 0 Å². The van der Waals surface area contributed by atoms with Gasteiger partial charge < -0.3 is 15.0 Å². The van der Waals surface area contributed by atoms with Gasteiger partial charge in [-0.1, -0.05) is 0 Å². The molecule has 0 bridgehead atoms. The molecule has 2 amide bonds. The Labute approximate surface area is 183 Å². The van der Waals surface area contributed by atoms with E-state index < -0.39 is 0 Å². The summed E-state index contributed by atoms with van der Waals surface area (Å²) in [6.07, 6.45) is 8.00. The van der Waals surface area contributed by atoms with Crippen LogP contribution in [0.4, 0.5) is 4.79 Å². The second kappa shape index (κ2) is 9.94. The highest BCUT2D eigenvalue weighted by Crippen LogP contribution is 2.29. The molecule has 31 heavy (non-hydrogen) atoms. The maximum absolute atomic E-state index is 12.8. The van der Waals surface area contributed by atoms with Gasteiger partial charge in [0.05, 0.1) is 30.5 Å². The molecule has 2 aromatic rings. The average molecular weight is 426 g/mol. The van der Waals surface area contributed by atoms with Crippen LogP contribution < -0.4 is 5.32 Å². The fraction of sp³-hybridized carbons (Fsp3) is 0.565. The number of aryl methyl sites for hydroxylation is 1. The SMILES string of the molecule is CCOC(=O)C1CCC(CNC(=O)N2CCCn3nc(-c4ccncc4)cc3C2)CC1. The molecule has 166 valence electrons. The van der Waals surface area contributed by atoms with Gasteiger partial charge in [-0.2, -0.15) is 5.10 Å². The van der Waals surface area contributed by atoms with E-state index in [2.05, 4.69) is 16.4 Å². The van der Waals surface area contributed by atoms with Gasteiger partial charge in [-0.25, -0.2) is 4.79 Å². The number of hydrogen-bond acceptors (Lipinski definition) is 5. The van der Waals surface area contributed by atoms with Crippen molar-refractivity contribution in [3.05, 3.63) is 36.3 Å². The van der Waals surface area contributed by atoms with Crippen LogP contribution in [0.2, 0.25) is 0 Å². The molecule has 0 spiro atoms. The van der Waals surface area contributed by atoms with Crippen molar-refractivity contribution >= 4 is 12.0 Å². The number of urea groups is 1. The molecule has 1 aliphatic heterocycles. The number of esters is 1. The van der Waals surface area contributed by atoms with Gasteiger partial charge in [-0.15, -0.1) is 0 Å². The summed E-state index contributed by atoms with van der Waals surface area (Å²) >= 11 is 0. The van der Waals surface area contributed by atoms with E-state index in [4.69, 9.17) is 9.84 Å². The minimum atomic E-state index is -0.0719. The summed E-state index contributed by atoms with van der Waals surface area (Å²) in [6, 6.07) is 5.94. The normalized spacial score (nSPS) is 21.1. The monoisotopic (exact) mass is 425 g/mol. The molecule has 8 heteroatoms. The highest BCUT2D eigenvalue weighted by molar-refractivity contribution is 5.74. The van der Waals surface area contributed by atoms with Crippen molar-refractivity contribution < 1.29 is 14.3 Å². The molecule has 0 aromatic carbocycles. The second-order valence-electron chi connectivity index (χ2n) is 8.41. The lowest BCUT2D eigenvalue weighted by Gasteiger charge is -2.28. The van der Waals surface area contributed by atoms with Gasteiger partial charge in [0.15, 0.2) is 0 Å². The summed E-state index contributed by atoms with van der Waals surface area (Å²) in [7, 11) is 0. The first-order valence-electron chi connectivity index (χ1n) is 11.3. The van der Waals surface area contributed by atoms with Gasteiger partial charge in [0.25, 0.3) is 0 Å². The van der Waals surface area contributed by atoms with E-state index in [1.54, 1.807) is 12.4 Å². The van der Waals surface area contributed by atoms with E-state index in [1.165, 1.54) is 0 Å². The average Bonchev–Trinajstić information content (AvgIpc) is 3.10.